The Balaban J connectivity index is 0.856. The molecule has 0 aliphatic heterocycles. The van der Waals surface area contributed by atoms with Gasteiger partial charge in [-0.15, -0.1) is 0 Å². The number of benzene rings is 2. The lowest BCUT2D eigenvalue weighted by molar-refractivity contribution is -0.209. The maximum Gasteiger partial charge on any atom is 0.407 e. The fraction of sp³-hybridized carbons (Fsp3) is 0.510. The number of ether oxygens (including phenoxy) is 3. The van der Waals surface area contributed by atoms with E-state index in [1.165, 1.54) is 12.2 Å². The SMILES string of the molecule is C[C@@H]1C[C@H]2[C@@H]3CCC4=CC(=O)C=C[C@]4(C)[C@@]3(F)[C@@H](O)C[C@]2(C)[C@@]1(O)C(=N)COC(=O)C1CC1C(=O)OCc1ccc([C@@H](CNC(=O)OC(C)(C)C)C(=O)Nc2ccc3cnccc3c2)cc1. The van der Waals surface area contributed by atoms with E-state index in [1.807, 2.05) is 18.2 Å². The van der Waals surface area contributed by atoms with Gasteiger partial charge in [-0.05, 0) is 118 Å². The number of anilines is 1. The molecule has 4 fully saturated rings. The molecule has 350 valence electrons. The Morgan fingerprint density at radius 3 is 2.41 bits per heavy atom. The van der Waals surface area contributed by atoms with Crippen LogP contribution in [0, 0.1) is 45.8 Å². The second kappa shape index (κ2) is 17.1. The van der Waals surface area contributed by atoms with E-state index in [0.29, 0.717) is 41.6 Å². The van der Waals surface area contributed by atoms with E-state index in [9.17, 15) is 34.2 Å². The van der Waals surface area contributed by atoms with Gasteiger partial charge in [-0.1, -0.05) is 55.8 Å². The van der Waals surface area contributed by atoms with Crippen LogP contribution in [0.4, 0.5) is 14.9 Å². The fourth-order valence-electron chi connectivity index (χ4n) is 11.6. The highest BCUT2D eigenvalue weighted by molar-refractivity contribution is 6.01. The van der Waals surface area contributed by atoms with Crippen molar-refractivity contribution in [1.82, 2.24) is 10.3 Å². The summed E-state index contributed by atoms with van der Waals surface area (Å²) < 4.78 is 34.1. The number of alkyl carbamates (subject to hydrolysis) is 1. The molecule has 0 bridgehead atoms. The Hall–Kier alpha value is -5.80. The van der Waals surface area contributed by atoms with Crippen molar-refractivity contribution in [3.63, 3.8) is 0 Å². The van der Waals surface area contributed by atoms with E-state index >= 15 is 4.39 Å². The summed E-state index contributed by atoms with van der Waals surface area (Å²) in [5.74, 6) is -5.77. The predicted molar refractivity (Wildman–Crippen MR) is 242 cm³/mol. The van der Waals surface area contributed by atoms with Crippen LogP contribution in [0.5, 0.6) is 0 Å². The molecule has 2 aromatic carbocycles. The van der Waals surface area contributed by atoms with Crippen LogP contribution in [-0.4, -0.2) is 86.8 Å². The second-order valence-corrected chi connectivity index (χ2v) is 20.4. The number of esters is 2. The zero-order valence-electron chi connectivity index (χ0n) is 38.2. The van der Waals surface area contributed by atoms with Crippen molar-refractivity contribution in [3.8, 4) is 0 Å². The number of alkyl halides is 1. The van der Waals surface area contributed by atoms with Crippen molar-refractivity contribution in [3.05, 3.63) is 95.9 Å². The molecule has 14 nitrogen and oxygen atoms in total. The standard InChI is InChI=1S/C51H59FN4O10/c1-28-19-40-39-14-12-33-21-35(57)15-17-48(33,5)50(39,52)42(58)23-49(40,6)51(28,63)41(53)27-65-45(61)37-22-36(37)44(60)64-26-29-7-9-30(10-8-29)38(25-55-46(62)66-47(2,3)4)43(59)56-34-13-11-32-24-54-18-16-31(32)20-34/h7-11,13,15-18,20-21,24,28,36-40,42,53,58,63H,12,14,19,22-23,25-27H2,1-6H3,(H,55,62)(H,56,59)/t28-,36?,37?,38-,39+,40+,42+,48+,49+,50+,51+/m1/s1. The van der Waals surface area contributed by atoms with Gasteiger partial charge in [-0.2, -0.15) is 0 Å². The molecule has 8 rings (SSSR count). The molecule has 5 N–H and O–H groups in total. The van der Waals surface area contributed by atoms with Gasteiger partial charge in [-0.25, -0.2) is 9.18 Å². The number of nitrogens with zero attached hydrogens (tertiary/aromatic N) is 1. The number of amides is 2. The summed E-state index contributed by atoms with van der Waals surface area (Å²) in [6.07, 6.45) is 6.97. The van der Waals surface area contributed by atoms with Gasteiger partial charge >= 0.3 is 18.0 Å². The summed E-state index contributed by atoms with van der Waals surface area (Å²) in [6, 6.07) is 14.1. The lowest BCUT2D eigenvalue weighted by Gasteiger charge is -2.62. The van der Waals surface area contributed by atoms with E-state index in [1.54, 1.807) is 90.3 Å². The van der Waals surface area contributed by atoms with Crippen LogP contribution >= 0.6 is 0 Å². The first-order valence-electron chi connectivity index (χ1n) is 22.7. The predicted octanol–water partition coefficient (Wildman–Crippen LogP) is 7.07. The number of aliphatic hydroxyl groups excluding tert-OH is 1. The Kier molecular flexibility index (Phi) is 12.1. The van der Waals surface area contributed by atoms with E-state index in [-0.39, 0.29) is 43.4 Å². The number of rotatable bonds is 12. The number of aliphatic hydroxyl groups is 2. The molecular weight excluding hydrogens is 848 g/mol. The van der Waals surface area contributed by atoms with Crippen molar-refractivity contribution >= 4 is 51.9 Å². The van der Waals surface area contributed by atoms with Gasteiger partial charge in [-0.3, -0.25) is 24.2 Å². The topological polar surface area (TPSA) is 214 Å². The first kappa shape index (κ1) is 46.7. The first-order chi connectivity index (χ1) is 31.1. The number of aromatic nitrogens is 1. The van der Waals surface area contributed by atoms with Gasteiger partial charge in [0.25, 0.3) is 0 Å². The second-order valence-electron chi connectivity index (χ2n) is 20.4. The molecule has 3 aromatic rings. The number of allylic oxidation sites excluding steroid dienone is 4. The number of hydrogen-bond donors (Lipinski definition) is 5. The van der Waals surface area contributed by atoms with Crippen LogP contribution in [0.25, 0.3) is 10.8 Å². The average molecular weight is 907 g/mol. The van der Waals surface area contributed by atoms with Gasteiger partial charge in [0.05, 0.1) is 29.6 Å². The largest absolute Gasteiger partial charge is 0.461 e. The molecule has 5 aliphatic carbocycles. The lowest BCUT2D eigenvalue weighted by atomic mass is 9.44. The van der Waals surface area contributed by atoms with Crippen molar-refractivity contribution in [1.29, 1.82) is 5.41 Å². The summed E-state index contributed by atoms with van der Waals surface area (Å²) >= 11 is 0. The summed E-state index contributed by atoms with van der Waals surface area (Å²) in [6.45, 7) is 9.84. The lowest BCUT2D eigenvalue weighted by Crippen LogP contribution is -2.69. The van der Waals surface area contributed by atoms with Crippen LogP contribution < -0.4 is 10.6 Å². The summed E-state index contributed by atoms with van der Waals surface area (Å²) in [4.78, 5) is 68.9. The van der Waals surface area contributed by atoms with Crippen molar-refractivity contribution in [2.75, 3.05) is 18.5 Å². The molecule has 5 aliphatic rings. The van der Waals surface area contributed by atoms with Gasteiger partial charge in [0, 0.05) is 46.8 Å². The molecule has 0 spiro atoms. The first-order valence-corrected chi connectivity index (χ1v) is 22.7. The third kappa shape index (κ3) is 8.22. The number of halogens is 1. The highest BCUT2D eigenvalue weighted by atomic mass is 19.1. The summed E-state index contributed by atoms with van der Waals surface area (Å²) in [5.41, 5.74) is -4.73. The van der Waals surface area contributed by atoms with Crippen LogP contribution in [0.15, 0.2) is 84.7 Å². The Morgan fingerprint density at radius 2 is 1.70 bits per heavy atom. The number of fused-ring (bicyclic) bond motifs is 6. The minimum atomic E-state index is -2.08. The van der Waals surface area contributed by atoms with Crippen LogP contribution in [0.1, 0.15) is 90.7 Å². The highest BCUT2D eigenvalue weighted by Gasteiger charge is 2.75. The third-order valence-electron chi connectivity index (χ3n) is 15.3. The number of nitrogens with one attached hydrogen (secondary N) is 3. The maximum absolute atomic E-state index is 17.6. The van der Waals surface area contributed by atoms with Gasteiger partial charge < -0.3 is 40.5 Å². The molecule has 4 saturated carbocycles. The quantitative estimate of drug-likeness (QED) is 0.0704. The highest BCUT2D eigenvalue weighted by Crippen LogP contribution is 2.70. The zero-order chi connectivity index (χ0) is 47.6. The average Bonchev–Trinajstić information content (AvgIpc) is 4.05. The Bertz CT molecular complexity index is 2540. The zero-order valence-corrected chi connectivity index (χ0v) is 38.2. The molecule has 2 amide bonds. The molecule has 2 unspecified atom stereocenters. The number of pyridine rings is 1. The molecule has 11 atom stereocenters. The van der Waals surface area contributed by atoms with Crippen LogP contribution in [-0.2, 0) is 40.0 Å². The van der Waals surface area contributed by atoms with Crippen molar-refractivity contribution in [2.24, 2.45) is 40.4 Å². The summed E-state index contributed by atoms with van der Waals surface area (Å²) in [7, 11) is 0. The number of carbonyl (C=O) groups excluding carboxylic acids is 5. The molecule has 0 saturated heterocycles. The van der Waals surface area contributed by atoms with Gasteiger partial charge in [0.15, 0.2) is 11.5 Å². The third-order valence-corrected chi connectivity index (χ3v) is 15.3. The van der Waals surface area contributed by atoms with E-state index in [0.717, 1.165) is 10.8 Å². The van der Waals surface area contributed by atoms with E-state index in [2.05, 4.69) is 15.6 Å². The number of carbonyl (C=O) groups is 5. The maximum atomic E-state index is 17.6. The number of ketones is 1. The van der Waals surface area contributed by atoms with E-state index in [4.69, 9.17) is 19.6 Å². The molecule has 1 heterocycles. The van der Waals surface area contributed by atoms with E-state index < -0.39 is 94.0 Å². The minimum Gasteiger partial charge on any atom is -0.461 e. The Labute approximate surface area is 383 Å². The van der Waals surface area contributed by atoms with Gasteiger partial charge in [0.1, 0.15) is 24.4 Å². The molecular formula is C51H59FN4O10. The molecule has 15 heteroatoms. The molecule has 66 heavy (non-hydrogen) atoms. The monoisotopic (exact) mass is 906 g/mol. The fourth-order valence-corrected chi connectivity index (χ4v) is 11.6. The van der Waals surface area contributed by atoms with Crippen LogP contribution in [0.2, 0.25) is 0 Å². The number of hydrogen-bond acceptors (Lipinski definition) is 12. The Morgan fingerprint density at radius 1 is 0.985 bits per heavy atom. The van der Waals surface area contributed by atoms with Crippen molar-refractivity contribution in [2.45, 2.75) is 109 Å². The molecule has 0 radical (unpaired) electrons. The van der Waals surface area contributed by atoms with Gasteiger partial charge in [0.2, 0.25) is 5.91 Å². The summed E-state index contributed by atoms with van der Waals surface area (Å²) in [5, 5.41) is 40.6. The minimum absolute atomic E-state index is 0.0617. The molecule has 1 aromatic heterocycles. The van der Waals surface area contributed by atoms with Crippen molar-refractivity contribution < 1.29 is 52.8 Å². The smallest absolute Gasteiger partial charge is 0.407 e. The normalized spacial score (nSPS) is 32.4. The van der Waals surface area contributed by atoms with Crippen LogP contribution in [0.3, 0.4) is 0 Å².